The zero-order valence-electron chi connectivity index (χ0n) is 14.7. The molecule has 0 atom stereocenters. The van der Waals surface area contributed by atoms with Crippen molar-refractivity contribution in [1.29, 1.82) is 0 Å². The lowest BCUT2D eigenvalue weighted by molar-refractivity contribution is 0.102. The third-order valence-electron chi connectivity index (χ3n) is 4.09. The van der Waals surface area contributed by atoms with Crippen molar-refractivity contribution < 1.29 is 9.18 Å². The number of carbonyl (C=O) groups excluding carboxylic acids is 1. The molecule has 0 aliphatic carbocycles. The summed E-state index contributed by atoms with van der Waals surface area (Å²) in [6.07, 6.45) is 1.58. The molecule has 4 aromatic rings. The molecule has 0 aliphatic heterocycles. The van der Waals surface area contributed by atoms with Gasteiger partial charge in [0.2, 0.25) is 5.13 Å². The highest BCUT2D eigenvalue weighted by Gasteiger charge is 2.18. The van der Waals surface area contributed by atoms with Crippen molar-refractivity contribution in [3.8, 4) is 0 Å². The Hall–Kier alpha value is -3.46. The Morgan fingerprint density at radius 2 is 2.00 bits per heavy atom. The summed E-state index contributed by atoms with van der Waals surface area (Å²) in [5, 5.41) is 12.0. The van der Waals surface area contributed by atoms with E-state index in [1.165, 1.54) is 34.1 Å². The zero-order chi connectivity index (χ0) is 19.7. The van der Waals surface area contributed by atoms with Gasteiger partial charge in [0.25, 0.3) is 11.5 Å². The number of carbonyl (C=O) groups is 1. The maximum atomic E-state index is 13.2. The predicted molar refractivity (Wildman–Crippen MR) is 104 cm³/mol. The quantitative estimate of drug-likeness (QED) is 0.574. The average molecular weight is 395 g/mol. The molecule has 0 saturated heterocycles. The van der Waals surface area contributed by atoms with Gasteiger partial charge in [-0.25, -0.2) is 9.37 Å². The molecule has 28 heavy (non-hydrogen) atoms. The van der Waals surface area contributed by atoms with Gasteiger partial charge in [0.05, 0.1) is 6.54 Å². The standard InChI is InChI=1S/C19H14FN5O2S/c1-11-23-24-19(28-11)22-17(26)15-9-13-3-2-8-21-16(13)25(18(15)27)10-12-4-6-14(20)7-5-12/h2-9H,10H2,1H3,(H,22,24,26). The lowest BCUT2D eigenvalue weighted by Crippen LogP contribution is -2.30. The van der Waals surface area contributed by atoms with Gasteiger partial charge in [-0.15, -0.1) is 10.2 Å². The Balaban J connectivity index is 1.79. The van der Waals surface area contributed by atoms with Crippen molar-refractivity contribution in [2.24, 2.45) is 0 Å². The number of halogens is 1. The summed E-state index contributed by atoms with van der Waals surface area (Å²) in [6.45, 7) is 1.93. The predicted octanol–water partition coefficient (Wildman–Crippen LogP) is 3.00. The lowest BCUT2D eigenvalue weighted by Gasteiger charge is -2.12. The molecule has 0 spiro atoms. The molecular formula is C19H14FN5O2S. The van der Waals surface area contributed by atoms with Gasteiger partial charge in [-0.05, 0) is 42.8 Å². The number of hydrogen-bond donors (Lipinski definition) is 1. The highest BCUT2D eigenvalue weighted by atomic mass is 32.1. The first-order valence-electron chi connectivity index (χ1n) is 8.36. The van der Waals surface area contributed by atoms with Gasteiger partial charge in [-0.1, -0.05) is 23.5 Å². The normalized spacial score (nSPS) is 10.9. The summed E-state index contributed by atoms with van der Waals surface area (Å²) < 4.78 is 14.6. The smallest absolute Gasteiger partial charge is 0.265 e. The average Bonchev–Trinajstić information content (AvgIpc) is 3.10. The molecule has 3 aromatic heterocycles. The van der Waals surface area contributed by atoms with E-state index in [4.69, 9.17) is 0 Å². The van der Waals surface area contributed by atoms with Crippen molar-refractivity contribution in [3.63, 3.8) is 0 Å². The molecule has 1 N–H and O–H groups in total. The van der Waals surface area contributed by atoms with Crippen LogP contribution in [0.3, 0.4) is 0 Å². The third kappa shape index (κ3) is 3.52. The highest BCUT2D eigenvalue weighted by molar-refractivity contribution is 7.15. The summed E-state index contributed by atoms with van der Waals surface area (Å²) >= 11 is 1.22. The second kappa shape index (κ2) is 7.28. The molecular weight excluding hydrogens is 381 g/mol. The summed E-state index contributed by atoms with van der Waals surface area (Å²) in [6, 6.07) is 10.8. The van der Waals surface area contributed by atoms with E-state index in [0.29, 0.717) is 26.7 Å². The van der Waals surface area contributed by atoms with Crippen LogP contribution in [0.1, 0.15) is 20.9 Å². The number of aryl methyl sites for hydroxylation is 1. The first kappa shape index (κ1) is 17.9. The molecule has 1 amide bonds. The molecule has 0 aliphatic rings. The number of benzene rings is 1. The van der Waals surface area contributed by atoms with Crippen LogP contribution < -0.4 is 10.9 Å². The van der Waals surface area contributed by atoms with Gasteiger partial charge < -0.3 is 0 Å². The molecule has 3 heterocycles. The Morgan fingerprint density at radius 3 is 2.71 bits per heavy atom. The fraction of sp³-hybridized carbons (Fsp3) is 0.105. The van der Waals surface area contributed by atoms with Crippen molar-refractivity contribution in [3.05, 3.63) is 81.0 Å². The third-order valence-corrected chi connectivity index (χ3v) is 4.85. The Bertz CT molecular complexity index is 1230. The number of nitrogens with zero attached hydrogens (tertiary/aromatic N) is 4. The Labute approximate surface area is 162 Å². The van der Waals surface area contributed by atoms with Crippen LogP contribution in [0, 0.1) is 12.7 Å². The van der Waals surface area contributed by atoms with E-state index in [9.17, 15) is 14.0 Å². The number of amides is 1. The van der Waals surface area contributed by atoms with Crippen LogP contribution >= 0.6 is 11.3 Å². The van der Waals surface area contributed by atoms with Crippen molar-refractivity contribution in [2.75, 3.05) is 5.32 Å². The first-order chi connectivity index (χ1) is 13.5. The van der Waals surface area contributed by atoms with E-state index in [1.54, 1.807) is 37.4 Å². The van der Waals surface area contributed by atoms with Crippen LogP contribution in [0.25, 0.3) is 11.0 Å². The summed E-state index contributed by atoms with van der Waals surface area (Å²) in [4.78, 5) is 30.0. The summed E-state index contributed by atoms with van der Waals surface area (Å²) in [5.74, 6) is -0.931. The van der Waals surface area contributed by atoms with Gasteiger partial charge in [-0.2, -0.15) is 0 Å². The van der Waals surface area contributed by atoms with Crippen molar-refractivity contribution in [1.82, 2.24) is 19.7 Å². The van der Waals surface area contributed by atoms with Crippen LogP contribution in [0.4, 0.5) is 9.52 Å². The molecule has 140 valence electrons. The number of fused-ring (bicyclic) bond motifs is 1. The molecule has 1 aromatic carbocycles. The largest absolute Gasteiger partial charge is 0.296 e. The second-order valence-corrected chi connectivity index (χ2v) is 7.25. The molecule has 4 rings (SSSR count). The van der Waals surface area contributed by atoms with Crippen LogP contribution in [-0.4, -0.2) is 25.7 Å². The minimum absolute atomic E-state index is 0.0320. The van der Waals surface area contributed by atoms with Crippen LogP contribution in [0.15, 0.2) is 53.5 Å². The van der Waals surface area contributed by atoms with Crippen molar-refractivity contribution >= 4 is 33.4 Å². The van der Waals surface area contributed by atoms with E-state index < -0.39 is 11.5 Å². The number of nitrogens with one attached hydrogen (secondary N) is 1. The summed E-state index contributed by atoms with van der Waals surface area (Å²) in [5.41, 5.74) is 0.637. The fourth-order valence-corrected chi connectivity index (χ4v) is 3.39. The summed E-state index contributed by atoms with van der Waals surface area (Å²) in [7, 11) is 0. The minimum atomic E-state index is -0.570. The SMILES string of the molecule is Cc1nnc(NC(=O)c2cc3cccnc3n(Cc3ccc(F)cc3)c2=O)s1. The van der Waals surface area contributed by atoms with Crippen LogP contribution in [-0.2, 0) is 6.54 Å². The van der Waals surface area contributed by atoms with E-state index in [-0.39, 0.29) is 17.9 Å². The van der Waals surface area contributed by atoms with Gasteiger partial charge in [-0.3, -0.25) is 19.5 Å². The van der Waals surface area contributed by atoms with Gasteiger partial charge in [0.1, 0.15) is 22.0 Å². The number of hydrogen-bond acceptors (Lipinski definition) is 6. The zero-order valence-corrected chi connectivity index (χ0v) is 15.5. The molecule has 0 saturated carbocycles. The fourth-order valence-electron chi connectivity index (χ4n) is 2.80. The number of aromatic nitrogens is 4. The van der Waals surface area contributed by atoms with E-state index >= 15 is 0 Å². The molecule has 0 unspecified atom stereocenters. The molecule has 7 nitrogen and oxygen atoms in total. The number of rotatable bonds is 4. The van der Waals surface area contributed by atoms with Gasteiger partial charge in [0, 0.05) is 11.6 Å². The van der Waals surface area contributed by atoms with Crippen LogP contribution in [0.5, 0.6) is 0 Å². The second-order valence-electron chi connectivity index (χ2n) is 6.07. The minimum Gasteiger partial charge on any atom is -0.296 e. The molecule has 0 fully saturated rings. The maximum Gasteiger partial charge on any atom is 0.265 e. The molecule has 9 heteroatoms. The monoisotopic (exact) mass is 395 g/mol. The Kier molecular flexibility index (Phi) is 4.66. The number of anilines is 1. The maximum absolute atomic E-state index is 13.2. The molecule has 0 bridgehead atoms. The van der Waals surface area contributed by atoms with E-state index in [2.05, 4.69) is 20.5 Å². The topological polar surface area (TPSA) is 89.8 Å². The van der Waals surface area contributed by atoms with E-state index in [0.717, 1.165) is 0 Å². The Morgan fingerprint density at radius 1 is 1.21 bits per heavy atom. The van der Waals surface area contributed by atoms with Crippen molar-refractivity contribution in [2.45, 2.75) is 13.5 Å². The van der Waals surface area contributed by atoms with Gasteiger partial charge >= 0.3 is 0 Å². The highest BCUT2D eigenvalue weighted by Crippen LogP contribution is 2.17. The van der Waals surface area contributed by atoms with E-state index in [1.807, 2.05) is 0 Å². The van der Waals surface area contributed by atoms with Crippen LogP contribution in [0.2, 0.25) is 0 Å². The first-order valence-corrected chi connectivity index (χ1v) is 9.17. The number of pyridine rings is 2. The lowest BCUT2D eigenvalue weighted by atomic mass is 10.1. The van der Waals surface area contributed by atoms with Gasteiger partial charge in [0.15, 0.2) is 0 Å². The molecule has 0 radical (unpaired) electrons.